The fraction of sp³-hybridized carbons (Fsp3) is 0.615. The van der Waals surface area contributed by atoms with Crippen molar-refractivity contribution < 1.29 is 9.47 Å². The highest BCUT2D eigenvalue weighted by Gasteiger charge is 2.45. The number of nitrogens with two attached hydrogens (primary N) is 1. The van der Waals surface area contributed by atoms with Gasteiger partial charge in [-0.25, -0.2) is 0 Å². The molecule has 3 rings (SSSR count). The second-order valence-electron chi connectivity index (χ2n) is 5.01. The molecule has 0 radical (unpaired) electrons. The molecule has 98 valence electrons. The predicted molar refractivity (Wildman–Crippen MR) is 66.9 cm³/mol. The zero-order chi connectivity index (χ0) is 12.5. The Kier molecular flexibility index (Phi) is 3.20. The predicted octanol–water partition coefficient (Wildman–Crippen LogP) is 1.16. The molecule has 5 nitrogen and oxygen atoms in total. The minimum atomic E-state index is -0.00329. The van der Waals surface area contributed by atoms with E-state index >= 15 is 0 Å². The smallest absolute Gasteiger partial charge is 0.142 e. The first-order chi connectivity index (χ1) is 8.83. The number of hydrazine groups is 1. The first kappa shape index (κ1) is 11.9. The maximum atomic E-state index is 5.90. The zero-order valence-electron chi connectivity index (χ0n) is 10.5. The number of fused-ring (bicyclic) bond motifs is 2. The molecule has 2 bridgehead atoms. The third-order valence-corrected chi connectivity index (χ3v) is 4.07. The van der Waals surface area contributed by atoms with E-state index in [0.717, 1.165) is 24.3 Å². The molecule has 1 aromatic rings. The molecule has 4 unspecified atom stereocenters. The Labute approximate surface area is 107 Å². The second kappa shape index (κ2) is 4.84. The molecular weight excluding hydrogens is 230 g/mol. The van der Waals surface area contributed by atoms with Crippen LogP contribution in [0, 0.1) is 5.92 Å². The maximum Gasteiger partial charge on any atom is 0.142 e. The molecule has 2 aliphatic heterocycles. The topological polar surface area (TPSA) is 69.4 Å². The summed E-state index contributed by atoms with van der Waals surface area (Å²) in [6.45, 7) is 0. The van der Waals surface area contributed by atoms with Gasteiger partial charge in [-0.05, 0) is 31.4 Å². The van der Waals surface area contributed by atoms with Gasteiger partial charge in [-0.1, -0.05) is 0 Å². The average molecular weight is 249 g/mol. The minimum absolute atomic E-state index is 0.00329. The zero-order valence-corrected chi connectivity index (χ0v) is 10.5. The van der Waals surface area contributed by atoms with Gasteiger partial charge in [-0.3, -0.25) is 16.3 Å². The third kappa shape index (κ3) is 1.88. The number of methoxy groups -OCH3 is 1. The van der Waals surface area contributed by atoms with Crippen molar-refractivity contribution in [1.82, 2.24) is 10.4 Å². The molecule has 0 saturated carbocycles. The van der Waals surface area contributed by atoms with E-state index in [1.54, 1.807) is 13.3 Å². The van der Waals surface area contributed by atoms with Crippen LogP contribution in [-0.2, 0) is 4.74 Å². The first-order valence-corrected chi connectivity index (χ1v) is 6.44. The fourth-order valence-electron chi connectivity index (χ4n) is 3.24. The van der Waals surface area contributed by atoms with Crippen LogP contribution < -0.4 is 16.0 Å². The Morgan fingerprint density at radius 1 is 1.56 bits per heavy atom. The Morgan fingerprint density at radius 3 is 3.06 bits per heavy atom. The molecule has 0 aromatic carbocycles. The van der Waals surface area contributed by atoms with Crippen molar-refractivity contribution >= 4 is 0 Å². The highest BCUT2D eigenvalue weighted by atomic mass is 16.5. The quantitative estimate of drug-likeness (QED) is 0.619. The maximum absolute atomic E-state index is 5.90. The lowest BCUT2D eigenvalue weighted by molar-refractivity contribution is 0.0851. The summed E-state index contributed by atoms with van der Waals surface area (Å²) in [5, 5.41) is 0. The summed E-state index contributed by atoms with van der Waals surface area (Å²) in [7, 11) is 1.66. The SMILES string of the molecule is COc1cccnc1C(NN)C1CC2CCC1O2. The summed E-state index contributed by atoms with van der Waals surface area (Å²) in [5.74, 6) is 6.91. The van der Waals surface area contributed by atoms with Gasteiger partial charge in [0.25, 0.3) is 0 Å². The van der Waals surface area contributed by atoms with Gasteiger partial charge in [0.15, 0.2) is 0 Å². The van der Waals surface area contributed by atoms with E-state index in [0.29, 0.717) is 18.1 Å². The van der Waals surface area contributed by atoms with E-state index < -0.39 is 0 Å². The fourth-order valence-corrected chi connectivity index (χ4v) is 3.24. The summed E-state index contributed by atoms with van der Waals surface area (Å²) < 4.78 is 11.3. The lowest BCUT2D eigenvalue weighted by Gasteiger charge is -2.28. The van der Waals surface area contributed by atoms with Gasteiger partial charge in [0, 0.05) is 12.1 Å². The van der Waals surface area contributed by atoms with Crippen LogP contribution in [0.25, 0.3) is 0 Å². The van der Waals surface area contributed by atoms with Crippen LogP contribution in [0.5, 0.6) is 5.75 Å². The highest BCUT2D eigenvalue weighted by molar-refractivity contribution is 5.30. The molecule has 2 aliphatic rings. The molecule has 1 aromatic heterocycles. The van der Waals surface area contributed by atoms with Crippen LogP contribution >= 0.6 is 0 Å². The van der Waals surface area contributed by atoms with Crippen LogP contribution in [0.3, 0.4) is 0 Å². The number of pyridine rings is 1. The van der Waals surface area contributed by atoms with Crippen molar-refractivity contribution in [2.75, 3.05) is 7.11 Å². The largest absolute Gasteiger partial charge is 0.495 e. The molecule has 3 heterocycles. The van der Waals surface area contributed by atoms with Gasteiger partial charge in [-0.15, -0.1) is 0 Å². The van der Waals surface area contributed by atoms with Crippen LogP contribution in [0.15, 0.2) is 18.3 Å². The molecular formula is C13H19N3O2. The van der Waals surface area contributed by atoms with E-state index in [9.17, 15) is 0 Å². The molecule has 18 heavy (non-hydrogen) atoms. The summed E-state index contributed by atoms with van der Waals surface area (Å²) in [6, 6.07) is 3.78. The number of rotatable bonds is 4. The molecule has 4 atom stereocenters. The molecule has 0 amide bonds. The van der Waals surface area contributed by atoms with Crippen LogP contribution in [0.4, 0.5) is 0 Å². The number of hydrogen-bond donors (Lipinski definition) is 2. The standard InChI is InChI=1S/C13H19N3O2/c1-17-11-3-2-6-15-13(11)12(16-14)9-7-8-4-5-10(9)18-8/h2-3,6,8-10,12,16H,4-5,7,14H2,1H3. The van der Waals surface area contributed by atoms with Crippen LogP contribution in [0.1, 0.15) is 31.0 Å². The van der Waals surface area contributed by atoms with Crippen molar-refractivity contribution in [3.05, 3.63) is 24.0 Å². The Morgan fingerprint density at radius 2 is 2.44 bits per heavy atom. The van der Waals surface area contributed by atoms with E-state index in [4.69, 9.17) is 15.3 Å². The number of nitrogens with one attached hydrogen (secondary N) is 1. The van der Waals surface area contributed by atoms with E-state index in [1.165, 1.54) is 6.42 Å². The molecule has 2 saturated heterocycles. The van der Waals surface area contributed by atoms with Crippen molar-refractivity contribution in [2.45, 2.75) is 37.5 Å². The first-order valence-electron chi connectivity index (χ1n) is 6.44. The van der Waals surface area contributed by atoms with E-state index in [2.05, 4.69) is 10.4 Å². The van der Waals surface area contributed by atoms with E-state index in [1.807, 2.05) is 12.1 Å². The molecule has 0 spiro atoms. The summed E-state index contributed by atoms with van der Waals surface area (Å²) in [4.78, 5) is 4.43. The Hall–Kier alpha value is -1.17. The lowest BCUT2D eigenvalue weighted by Crippen LogP contribution is -2.38. The van der Waals surface area contributed by atoms with Gasteiger partial charge < -0.3 is 9.47 Å². The van der Waals surface area contributed by atoms with Gasteiger partial charge in [0.2, 0.25) is 0 Å². The normalized spacial score (nSPS) is 31.6. The summed E-state index contributed by atoms with van der Waals surface area (Å²) >= 11 is 0. The van der Waals surface area contributed by atoms with Gasteiger partial charge in [0.05, 0.1) is 25.4 Å². The number of ether oxygens (including phenoxy) is 2. The second-order valence-corrected chi connectivity index (χ2v) is 5.01. The van der Waals surface area contributed by atoms with Crippen molar-refractivity contribution in [3.8, 4) is 5.75 Å². The van der Waals surface area contributed by atoms with Crippen LogP contribution in [-0.4, -0.2) is 24.3 Å². The van der Waals surface area contributed by atoms with E-state index in [-0.39, 0.29) is 6.04 Å². The number of hydrogen-bond acceptors (Lipinski definition) is 5. The van der Waals surface area contributed by atoms with Gasteiger partial charge in [0.1, 0.15) is 11.4 Å². The Bertz CT molecular complexity index is 426. The summed E-state index contributed by atoms with van der Waals surface area (Å²) in [5.41, 5.74) is 3.78. The average Bonchev–Trinajstić information content (AvgIpc) is 3.03. The van der Waals surface area contributed by atoms with Crippen molar-refractivity contribution in [2.24, 2.45) is 11.8 Å². The van der Waals surface area contributed by atoms with Gasteiger partial charge >= 0.3 is 0 Å². The molecule has 2 fully saturated rings. The molecule has 0 aliphatic carbocycles. The van der Waals surface area contributed by atoms with Crippen molar-refractivity contribution in [3.63, 3.8) is 0 Å². The molecule has 3 N–H and O–H groups in total. The Balaban J connectivity index is 1.88. The summed E-state index contributed by atoms with van der Waals surface area (Å²) in [6.07, 6.45) is 5.85. The number of nitrogens with zero attached hydrogens (tertiary/aromatic N) is 1. The minimum Gasteiger partial charge on any atom is -0.495 e. The highest BCUT2D eigenvalue weighted by Crippen LogP contribution is 2.45. The van der Waals surface area contributed by atoms with Crippen LogP contribution in [0.2, 0.25) is 0 Å². The lowest BCUT2D eigenvalue weighted by atomic mass is 9.82. The monoisotopic (exact) mass is 249 g/mol. The third-order valence-electron chi connectivity index (χ3n) is 4.07. The number of aromatic nitrogens is 1. The van der Waals surface area contributed by atoms with Crippen molar-refractivity contribution in [1.29, 1.82) is 0 Å². The molecule has 5 heteroatoms. The van der Waals surface area contributed by atoms with Gasteiger partial charge in [-0.2, -0.15) is 0 Å².